The van der Waals surface area contributed by atoms with E-state index in [4.69, 9.17) is 91.0 Å². The number of primary amides is 1. The van der Waals surface area contributed by atoms with Crippen molar-refractivity contribution in [1.29, 1.82) is 0 Å². The van der Waals surface area contributed by atoms with Gasteiger partial charge >= 0.3 is 0 Å². The number of aromatic hydroxyl groups is 3. The molecular weight excluding hydrogens is 1690 g/mol. The maximum absolute atomic E-state index is 16.3. The predicted octanol–water partition coefficient (Wildman–Crippen LogP) is 4.81. The number of nitrogens with two attached hydrogens (primary N) is 3. The molecule has 11 bridgehead atoms. The SMILES string of the molecule is CN.CN[C@H](CC(C)C)C(=O)N[C@H]1C(=O)N[C@@H](CC(N)=O)C(=O)N[C@H]2C(=O)N[C@H]3C(=O)N[C@H](C(=O)N[C@@H](C(=O)NCCCCNCc4ccc(OCc5ccc(Cl)c(Cl)c5)cc4)c4cc(O)cc(O)c4-c4cc3ccc4O)[C@H](O)c3ccc(c(Cl)c3)Oc3cc2cc(c3OC2OC(CN)C(O)C(O)C2OC2CCC(O)C(C)O2)Oc2ccc(cc2Cl)[C@H]1O. The Bertz CT molecular complexity index is 5020. The van der Waals surface area contributed by atoms with Gasteiger partial charge in [0.15, 0.2) is 23.9 Å². The van der Waals surface area contributed by atoms with Gasteiger partial charge in [0.25, 0.3) is 0 Å². The Morgan fingerprint density at radius 1 is 0.626 bits per heavy atom. The Morgan fingerprint density at radius 3 is 1.89 bits per heavy atom. The molecule has 8 amide bonds. The van der Waals surface area contributed by atoms with Crippen molar-refractivity contribution < 1.29 is 112 Å². The number of aliphatic hydroxyl groups excluding tert-OH is 5. The highest BCUT2D eigenvalue weighted by Gasteiger charge is 2.50. The lowest BCUT2D eigenvalue weighted by molar-refractivity contribution is -0.325. The first-order valence-electron chi connectivity index (χ1n) is 39.5. The fourth-order valence-corrected chi connectivity index (χ4v) is 15.3. The van der Waals surface area contributed by atoms with Crippen molar-refractivity contribution in [3.05, 3.63) is 180 Å². The first kappa shape index (κ1) is 93.3. The van der Waals surface area contributed by atoms with Crippen molar-refractivity contribution in [3.8, 4) is 62.9 Å². The number of fused-ring (bicyclic) bond motifs is 15. The van der Waals surface area contributed by atoms with Crippen molar-refractivity contribution >= 4 is 93.7 Å². The van der Waals surface area contributed by atoms with Crippen LogP contribution in [0.4, 0.5) is 0 Å². The van der Waals surface area contributed by atoms with Gasteiger partial charge in [-0.25, -0.2) is 0 Å². The second kappa shape index (κ2) is 41.8. The molecule has 2 fully saturated rings. The number of carbonyl (C=O) groups excluding carboxylic acids is 8. The average Bonchev–Trinajstić information content (AvgIpc) is 0.764. The molecule has 7 aliphatic heterocycles. The summed E-state index contributed by atoms with van der Waals surface area (Å²) < 4.78 is 44.8. The summed E-state index contributed by atoms with van der Waals surface area (Å²) in [6.07, 6.45) is -15.7. The second-order valence-electron chi connectivity index (χ2n) is 30.3. The maximum atomic E-state index is 16.3. The Balaban J connectivity index is 0.00000732. The van der Waals surface area contributed by atoms with E-state index in [0.29, 0.717) is 41.7 Å². The molecule has 23 N–H and O–H groups in total. The van der Waals surface area contributed by atoms with Crippen LogP contribution in [-0.2, 0) is 65.7 Å². The number of aliphatic hydroxyl groups is 5. The highest BCUT2D eigenvalue weighted by atomic mass is 35.5. The van der Waals surface area contributed by atoms with Crippen LogP contribution in [0, 0.1) is 5.92 Å². The topological polar surface area (TPSA) is 549 Å². The zero-order valence-corrected chi connectivity index (χ0v) is 70.2. The van der Waals surface area contributed by atoms with Crippen LogP contribution in [0.5, 0.6) is 51.7 Å². The zero-order valence-electron chi connectivity index (χ0n) is 67.2. The molecule has 39 heteroatoms. The van der Waals surface area contributed by atoms with Crippen LogP contribution < -0.4 is 84.0 Å². The zero-order chi connectivity index (χ0) is 88.9. The molecule has 2 saturated heterocycles. The number of amides is 8. The number of unbranched alkanes of at least 4 members (excludes halogenated alkanes) is 1. The van der Waals surface area contributed by atoms with Crippen LogP contribution >= 0.6 is 46.4 Å². The number of halogens is 4. The van der Waals surface area contributed by atoms with Gasteiger partial charge in [0.05, 0.1) is 44.8 Å². The van der Waals surface area contributed by atoms with Gasteiger partial charge in [-0.2, -0.15) is 0 Å². The third-order valence-electron chi connectivity index (χ3n) is 21.1. The lowest BCUT2D eigenvalue weighted by Crippen LogP contribution is -2.62. The Labute approximate surface area is 726 Å². The van der Waals surface area contributed by atoms with E-state index in [0.717, 1.165) is 65.7 Å². The first-order valence-corrected chi connectivity index (χ1v) is 41.0. The maximum Gasteiger partial charge on any atom is 0.248 e. The molecule has 660 valence electrons. The molecule has 0 saturated carbocycles. The number of phenols is 3. The first-order chi connectivity index (χ1) is 58.7. The smallest absolute Gasteiger partial charge is 0.248 e. The monoisotopic (exact) mass is 1780 g/mol. The van der Waals surface area contributed by atoms with Crippen molar-refractivity contribution in [2.75, 3.05) is 33.7 Å². The van der Waals surface area contributed by atoms with E-state index in [1.165, 1.54) is 38.4 Å². The minimum atomic E-state index is -2.32. The fraction of sp³-hybridized carbons (Fsp3) is 0.405. The van der Waals surface area contributed by atoms with Crippen molar-refractivity contribution in [2.45, 2.75) is 176 Å². The van der Waals surface area contributed by atoms with Crippen LogP contribution in [-0.4, -0.2) is 195 Å². The summed E-state index contributed by atoms with van der Waals surface area (Å²) in [5, 5.41) is 119. The van der Waals surface area contributed by atoms with E-state index >= 15 is 19.2 Å². The Kier molecular flexibility index (Phi) is 31.7. The number of phenolic OH excluding ortho intramolecular Hbond substituents is 3. The molecule has 7 aromatic rings. The van der Waals surface area contributed by atoms with E-state index in [-0.39, 0.29) is 87.7 Å². The predicted molar refractivity (Wildman–Crippen MR) is 447 cm³/mol. The summed E-state index contributed by atoms with van der Waals surface area (Å²) >= 11 is 26.6. The highest BCUT2D eigenvalue weighted by Crippen LogP contribution is 2.50. The minimum Gasteiger partial charge on any atom is -0.508 e. The highest BCUT2D eigenvalue weighted by molar-refractivity contribution is 6.42. The van der Waals surface area contributed by atoms with Gasteiger partial charge in [-0.3, -0.25) is 38.4 Å². The van der Waals surface area contributed by atoms with Crippen molar-refractivity contribution in [2.24, 2.45) is 23.1 Å². The minimum absolute atomic E-state index is 0.0290. The molecule has 0 spiro atoms. The van der Waals surface area contributed by atoms with Gasteiger partial charge < -0.3 is 139 Å². The summed E-state index contributed by atoms with van der Waals surface area (Å²) in [5.74, 6) is -13.7. The van der Waals surface area contributed by atoms with Crippen LogP contribution in [0.1, 0.15) is 129 Å². The molecular formula is C84H98Cl4N12O23. The van der Waals surface area contributed by atoms with Crippen molar-refractivity contribution in [3.63, 3.8) is 0 Å². The summed E-state index contributed by atoms with van der Waals surface area (Å²) in [4.78, 5) is 121. The molecule has 0 aromatic heterocycles. The summed E-state index contributed by atoms with van der Waals surface area (Å²) in [6.45, 7) is 5.96. The quantitative estimate of drug-likeness (QED) is 0.0382. The van der Waals surface area contributed by atoms with Gasteiger partial charge in [-0.15, -0.1) is 0 Å². The van der Waals surface area contributed by atoms with E-state index in [9.17, 15) is 60.0 Å². The normalized spacial score (nSPS) is 24.8. The Hall–Kier alpha value is -10.4. The summed E-state index contributed by atoms with van der Waals surface area (Å²) in [5.41, 5.74) is 16.0. The lowest BCUT2D eigenvalue weighted by Gasteiger charge is -2.44. The molecule has 17 atom stereocenters. The molecule has 123 heavy (non-hydrogen) atoms. The Morgan fingerprint density at radius 2 is 1.26 bits per heavy atom. The van der Waals surface area contributed by atoms with E-state index < -0.39 is 210 Å². The number of nitrogens with one attached hydrogen (secondary N) is 9. The number of benzene rings is 7. The van der Waals surface area contributed by atoms with Gasteiger partial charge in [0, 0.05) is 43.2 Å². The van der Waals surface area contributed by atoms with E-state index in [1.807, 2.05) is 44.2 Å². The van der Waals surface area contributed by atoms with Gasteiger partial charge in [0.1, 0.15) is 108 Å². The summed E-state index contributed by atoms with van der Waals surface area (Å²) in [6, 6.07) is 13.4. The van der Waals surface area contributed by atoms with Crippen LogP contribution in [0.3, 0.4) is 0 Å². The molecule has 7 aliphatic rings. The number of hydrogen-bond acceptors (Lipinski definition) is 27. The number of likely N-dealkylation sites (N-methyl/N-ethyl adjacent to an activating group) is 1. The molecule has 7 heterocycles. The number of hydrogen-bond donors (Lipinski definition) is 20. The molecule has 8 unspecified atom stereocenters. The fourth-order valence-electron chi connectivity index (χ4n) is 14.6. The van der Waals surface area contributed by atoms with Gasteiger partial charge in [0.2, 0.25) is 59.3 Å². The van der Waals surface area contributed by atoms with Gasteiger partial charge in [-0.1, -0.05) is 96.6 Å². The van der Waals surface area contributed by atoms with Crippen LogP contribution in [0.25, 0.3) is 11.1 Å². The van der Waals surface area contributed by atoms with Crippen LogP contribution in [0.2, 0.25) is 20.1 Å². The number of carbonyl (C=O) groups is 8. The molecule has 0 radical (unpaired) electrons. The average molecular weight is 1790 g/mol. The second-order valence-corrected chi connectivity index (χ2v) is 31.9. The van der Waals surface area contributed by atoms with E-state index in [2.05, 4.69) is 53.6 Å². The molecule has 0 aliphatic carbocycles. The van der Waals surface area contributed by atoms with E-state index in [1.54, 1.807) is 19.1 Å². The largest absolute Gasteiger partial charge is 0.508 e. The number of ether oxygens (including phenoxy) is 7. The standard InChI is InChI=1S/C83H93Cl4N11O23.CH5N/c1-36(2)23-52(90-4)76(108)97-68-70(104)41-11-18-57(50(86)26-41)117-59-28-43-29-60(74(59)121-83-75(73(107)72(106)61(33-88)119-83)120-63-20-17-54(100)37(3)116-63)118-58-19-12-42(27-51(58)87)71(105)69-82(114)96-67(78(110)92-22-6-5-21-91-34-38-7-13-45(14-8-38)115-35-39-9-15-48(84)49(85)24-39)47-30-44(99)31-56(102)64(47)46-25-40(10-16-55(46)101)65(79(111)98-69)95-80(112)66(43)94-77(109)53(32-62(89)103)93-81(68)113;1-2/h7-16,18-19,24-31,36-37,52-54,61,63,65-73,75,83,90-91,99-102,104-107H,5-6,17,20-23,32-35,88H2,1-4H3,(H2,89,103)(H,92,110)(H,93,113)(H,94,109)(H,95,112)(H,96,114)(H,97,108)(H,98,111);2H2,1H3/t37?,52-,53+,54?,61?,63?,65-,66-,67-,68-,69+,70-,71-,72?,73?,75?,83?;/m1./s1. The lowest BCUT2D eigenvalue weighted by atomic mass is 9.89. The third-order valence-corrected chi connectivity index (χ3v) is 22.4. The molecule has 14 rings (SSSR count). The molecule has 7 aromatic carbocycles. The van der Waals surface area contributed by atoms with Crippen molar-refractivity contribution in [1.82, 2.24) is 47.9 Å². The summed E-state index contributed by atoms with van der Waals surface area (Å²) in [7, 11) is 2.99. The third kappa shape index (κ3) is 22.6. The number of rotatable bonds is 23. The van der Waals surface area contributed by atoms with Gasteiger partial charge in [-0.05, 0) is 177 Å². The molecule has 35 nitrogen and oxygen atoms in total. The van der Waals surface area contributed by atoms with Crippen LogP contribution in [0.15, 0.2) is 121 Å².